The van der Waals surface area contributed by atoms with Crippen molar-refractivity contribution in [3.05, 3.63) is 47.8 Å². The number of carboxylic acid groups (broad SMARTS) is 1. The van der Waals surface area contributed by atoms with Crippen LogP contribution in [-0.4, -0.2) is 25.6 Å². The summed E-state index contributed by atoms with van der Waals surface area (Å²) < 4.78 is 1.78. The van der Waals surface area contributed by atoms with Crippen LogP contribution >= 0.6 is 0 Å². The zero-order valence-electron chi connectivity index (χ0n) is 11.2. The fourth-order valence-electron chi connectivity index (χ4n) is 2.41. The van der Waals surface area contributed by atoms with Crippen molar-refractivity contribution < 1.29 is 9.90 Å². The van der Waals surface area contributed by atoms with Gasteiger partial charge in [-0.15, -0.1) is 0 Å². The number of nitrogens with zero attached hydrogens (tertiary/aromatic N) is 3. The molecule has 0 saturated heterocycles. The van der Waals surface area contributed by atoms with Crippen LogP contribution in [0.5, 0.6) is 0 Å². The average Bonchev–Trinajstić information content (AvgIpc) is 2.72. The second-order valence-corrected chi connectivity index (χ2v) is 4.64. The normalized spacial score (nSPS) is 10.9. The summed E-state index contributed by atoms with van der Waals surface area (Å²) in [6.07, 6.45) is 1.64. The van der Waals surface area contributed by atoms with Crippen molar-refractivity contribution in [3.63, 3.8) is 0 Å². The van der Waals surface area contributed by atoms with E-state index in [-0.39, 0.29) is 5.56 Å². The van der Waals surface area contributed by atoms with Gasteiger partial charge in [-0.25, -0.2) is 14.8 Å². The topological polar surface area (TPSA) is 68.0 Å². The lowest BCUT2D eigenvalue weighted by atomic mass is 10.1. The summed E-state index contributed by atoms with van der Waals surface area (Å²) in [7, 11) is 1.81. The van der Waals surface area contributed by atoms with Gasteiger partial charge in [-0.3, -0.25) is 0 Å². The van der Waals surface area contributed by atoms with E-state index in [1.54, 1.807) is 24.7 Å². The second-order valence-electron chi connectivity index (χ2n) is 4.64. The molecular formula is C15H13N3O2. The molecule has 2 heterocycles. The maximum absolute atomic E-state index is 11.7. The Hall–Kier alpha value is -2.69. The van der Waals surface area contributed by atoms with Crippen LogP contribution < -0.4 is 0 Å². The van der Waals surface area contributed by atoms with Crippen LogP contribution in [-0.2, 0) is 7.05 Å². The zero-order chi connectivity index (χ0) is 14.3. The first-order valence-electron chi connectivity index (χ1n) is 6.20. The number of aryl methyl sites for hydroxylation is 2. The summed E-state index contributed by atoms with van der Waals surface area (Å²) in [4.78, 5) is 20.3. The van der Waals surface area contributed by atoms with Crippen LogP contribution in [0.4, 0.5) is 0 Å². The molecule has 0 aliphatic carbocycles. The Bertz CT molecular complexity index is 807. The highest BCUT2D eigenvalue weighted by Gasteiger charge is 2.23. The summed E-state index contributed by atoms with van der Waals surface area (Å²) in [5, 5.41) is 9.55. The number of fused-ring (bicyclic) bond motifs is 1. The number of aromatic nitrogens is 3. The Morgan fingerprint density at radius 1 is 1.25 bits per heavy atom. The number of rotatable bonds is 2. The van der Waals surface area contributed by atoms with Gasteiger partial charge < -0.3 is 9.67 Å². The van der Waals surface area contributed by atoms with Crippen molar-refractivity contribution in [3.8, 4) is 11.3 Å². The number of hydrogen-bond acceptors (Lipinski definition) is 3. The van der Waals surface area contributed by atoms with Gasteiger partial charge >= 0.3 is 5.97 Å². The first kappa shape index (κ1) is 12.3. The number of benzene rings is 1. The standard InChI is InChI=1S/C15H13N3O2/c1-9-8-16-14-12(17-9)11(15(19)20)13(18(14)2)10-6-4-3-5-7-10/h3-8H,1-2H3,(H,19,20). The summed E-state index contributed by atoms with van der Waals surface area (Å²) in [6, 6.07) is 9.42. The predicted octanol–water partition coefficient (Wildman–Crippen LogP) is 2.64. The SMILES string of the molecule is Cc1cnc2c(n1)c(C(=O)O)c(-c1ccccc1)n2C. The lowest BCUT2D eigenvalue weighted by Gasteiger charge is -2.04. The molecule has 0 amide bonds. The van der Waals surface area contributed by atoms with Gasteiger partial charge in [0.25, 0.3) is 0 Å². The Morgan fingerprint density at radius 3 is 2.60 bits per heavy atom. The van der Waals surface area contributed by atoms with Gasteiger partial charge in [0.15, 0.2) is 5.65 Å². The van der Waals surface area contributed by atoms with E-state index in [4.69, 9.17) is 0 Å². The number of carboxylic acids is 1. The number of aromatic carboxylic acids is 1. The van der Waals surface area contributed by atoms with Gasteiger partial charge in [-0.2, -0.15) is 0 Å². The molecule has 3 aromatic rings. The molecular weight excluding hydrogens is 254 g/mol. The predicted molar refractivity (Wildman–Crippen MR) is 75.6 cm³/mol. The maximum Gasteiger partial charge on any atom is 0.340 e. The minimum absolute atomic E-state index is 0.199. The molecule has 1 N–H and O–H groups in total. The number of carbonyl (C=O) groups is 1. The molecule has 0 radical (unpaired) electrons. The Morgan fingerprint density at radius 2 is 1.95 bits per heavy atom. The van der Waals surface area contributed by atoms with Crippen molar-refractivity contribution in [1.82, 2.24) is 14.5 Å². The van der Waals surface area contributed by atoms with E-state index in [1.165, 1.54) is 0 Å². The maximum atomic E-state index is 11.7. The van der Waals surface area contributed by atoms with Gasteiger partial charge in [0, 0.05) is 7.05 Å². The molecule has 0 atom stereocenters. The van der Waals surface area contributed by atoms with Crippen molar-refractivity contribution in [2.45, 2.75) is 6.92 Å². The molecule has 100 valence electrons. The molecule has 0 unspecified atom stereocenters. The van der Waals surface area contributed by atoms with Crippen molar-refractivity contribution in [2.75, 3.05) is 0 Å². The monoisotopic (exact) mass is 267 g/mol. The molecule has 0 bridgehead atoms. The van der Waals surface area contributed by atoms with Gasteiger partial charge in [-0.05, 0) is 12.5 Å². The van der Waals surface area contributed by atoms with Crippen LogP contribution in [0.25, 0.3) is 22.4 Å². The zero-order valence-corrected chi connectivity index (χ0v) is 11.2. The van der Waals surface area contributed by atoms with E-state index >= 15 is 0 Å². The first-order chi connectivity index (χ1) is 9.59. The van der Waals surface area contributed by atoms with E-state index in [1.807, 2.05) is 30.3 Å². The van der Waals surface area contributed by atoms with Gasteiger partial charge in [0.05, 0.1) is 17.6 Å². The highest BCUT2D eigenvalue weighted by atomic mass is 16.4. The molecule has 0 saturated carbocycles. The molecule has 5 nitrogen and oxygen atoms in total. The van der Waals surface area contributed by atoms with E-state index in [9.17, 15) is 9.90 Å². The van der Waals surface area contributed by atoms with Gasteiger partial charge in [0.2, 0.25) is 0 Å². The third-order valence-corrected chi connectivity index (χ3v) is 3.26. The quantitative estimate of drug-likeness (QED) is 0.775. The highest BCUT2D eigenvalue weighted by molar-refractivity contribution is 6.07. The van der Waals surface area contributed by atoms with Crippen molar-refractivity contribution in [1.29, 1.82) is 0 Å². The lowest BCUT2D eigenvalue weighted by Crippen LogP contribution is -2.00. The smallest absolute Gasteiger partial charge is 0.340 e. The van der Waals surface area contributed by atoms with Crippen LogP contribution in [0.3, 0.4) is 0 Å². The lowest BCUT2D eigenvalue weighted by molar-refractivity contribution is 0.0699. The van der Waals surface area contributed by atoms with Crippen LogP contribution in [0, 0.1) is 6.92 Å². The third-order valence-electron chi connectivity index (χ3n) is 3.26. The molecule has 20 heavy (non-hydrogen) atoms. The number of hydrogen-bond donors (Lipinski definition) is 1. The summed E-state index contributed by atoms with van der Waals surface area (Å²) in [5.41, 5.74) is 3.37. The van der Waals surface area contributed by atoms with Crippen molar-refractivity contribution >= 4 is 17.1 Å². The van der Waals surface area contributed by atoms with Crippen LogP contribution in [0.1, 0.15) is 16.1 Å². The average molecular weight is 267 g/mol. The summed E-state index contributed by atoms with van der Waals surface area (Å²) >= 11 is 0. The van der Waals surface area contributed by atoms with Crippen LogP contribution in [0.15, 0.2) is 36.5 Å². The second kappa shape index (κ2) is 4.45. The van der Waals surface area contributed by atoms with Crippen LogP contribution in [0.2, 0.25) is 0 Å². The van der Waals surface area contributed by atoms with Gasteiger partial charge in [0.1, 0.15) is 11.1 Å². The molecule has 0 aliphatic rings. The molecule has 5 heteroatoms. The van der Waals surface area contributed by atoms with E-state index in [0.717, 1.165) is 5.56 Å². The molecule has 2 aromatic heterocycles. The molecule has 0 spiro atoms. The largest absolute Gasteiger partial charge is 0.478 e. The Kier molecular flexibility index (Phi) is 2.75. The highest BCUT2D eigenvalue weighted by Crippen LogP contribution is 2.31. The fraction of sp³-hybridized carbons (Fsp3) is 0.133. The van der Waals surface area contributed by atoms with Gasteiger partial charge in [-0.1, -0.05) is 30.3 Å². The van der Waals surface area contributed by atoms with E-state index in [2.05, 4.69) is 9.97 Å². The molecule has 0 aliphatic heterocycles. The minimum atomic E-state index is -0.991. The minimum Gasteiger partial charge on any atom is -0.478 e. The Balaban J connectivity index is 2.45. The molecule has 0 fully saturated rings. The molecule has 1 aromatic carbocycles. The van der Waals surface area contributed by atoms with E-state index < -0.39 is 5.97 Å². The summed E-state index contributed by atoms with van der Waals surface area (Å²) in [6.45, 7) is 1.80. The fourth-order valence-corrected chi connectivity index (χ4v) is 2.41. The first-order valence-corrected chi connectivity index (χ1v) is 6.20. The van der Waals surface area contributed by atoms with Crippen molar-refractivity contribution in [2.24, 2.45) is 7.05 Å². The third kappa shape index (κ3) is 1.75. The van der Waals surface area contributed by atoms with E-state index in [0.29, 0.717) is 22.6 Å². The molecule has 3 rings (SSSR count). The summed E-state index contributed by atoms with van der Waals surface area (Å²) in [5.74, 6) is -0.991. The Labute approximate surface area is 115 Å².